The number of aryl methyl sites for hydroxylation is 1. The van der Waals surface area contributed by atoms with E-state index in [0.29, 0.717) is 22.9 Å². The number of anilines is 1. The maximum Gasteiger partial charge on any atom is 0.267 e. The average molecular weight is 374 g/mol. The van der Waals surface area contributed by atoms with Crippen molar-refractivity contribution in [1.82, 2.24) is 4.98 Å². The van der Waals surface area contributed by atoms with Crippen molar-refractivity contribution >= 4 is 22.9 Å². The number of ether oxygens (including phenoxy) is 2. The van der Waals surface area contributed by atoms with Crippen molar-refractivity contribution in [3.8, 4) is 22.1 Å². The molecule has 0 radical (unpaired) electrons. The Morgan fingerprint density at radius 2 is 1.88 bits per heavy atom. The predicted octanol–water partition coefficient (Wildman–Crippen LogP) is 4.38. The summed E-state index contributed by atoms with van der Waals surface area (Å²) in [7, 11) is 0. The minimum atomic E-state index is -0.721. The molecule has 0 saturated carbocycles. The smallest absolute Gasteiger partial charge is 0.267 e. The number of halogens is 2. The van der Waals surface area contributed by atoms with Gasteiger partial charge in [0.25, 0.3) is 5.91 Å². The quantitative estimate of drug-likeness (QED) is 0.739. The van der Waals surface area contributed by atoms with Crippen LogP contribution in [0, 0.1) is 18.6 Å². The number of carbonyl (C=O) groups is 1. The lowest BCUT2D eigenvalue weighted by molar-refractivity contribution is 0.103. The highest BCUT2D eigenvalue weighted by Crippen LogP contribution is 2.35. The van der Waals surface area contributed by atoms with Crippen molar-refractivity contribution in [3.63, 3.8) is 0 Å². The molecule has 0 atom stereocenters. The maximum atomic E-state index is 14.0. The van der Waals surface area contributed by atoms with Crippen LogP contribution in [0.4, 0.5) is 14.5 Å². The number of hydrogen-bond acceptors (Lipinski definition) is 5. The first-order chi connectivity index (χ1) is 12.5. The number of carbonyl (C=O) groups excluding carboxylic acids is 1. The van der Waals surface area contributed by atoms with Crippen LogP contribution in [0.25, 0.3) is 10.6 Å². The molecule has 0 saturated heterocycles. The van der Waals surface area contributed by atoms with E-state index in [-0.39, 0.29) is 22.2 Å². The summed E-state index contributed by atoms with van der Waals surface area (Å²) < 4.78 is 38.4. The highest BCUT2D eigenvalue weighted by Gasteiger charge is 2.21. The van der Waals surface area contributed by atoms with E-state index in [2.05, 4.69) is 10.3 Å². The Balaban J connectivity index is 1.62. The van der Waals surface area contributed by atoms with Gasteiger partial charge in [-0.15, -0.1) is 11.3 Å². The zero-order valence-corrected chi connectivity index (χ0v) is 14.3. The van der Waals surface area contributed by atoms with Gasteiger partial charge in [0.15, 0.2) is 11.5 Å². The topological polar surface area (TPSA) is 60.5 Å². The monoisotopic (exact) mass is 374 g/mol. The van der Waals surface area contributed by atoms with Gasteiger partial charge in [0.1, 0.15) is 21.5 Å². The molecular formula is C18H12F2N2O3S. The number of aromatic nitrogens is 1. The van der Waals surface area contributed by atoms with Crippen LogP contribution in [0.1, 0.15) is 15.4 Å². The highest BCUT2D eigenvalue weighted by molar-refractivity contribution is 7.17. The molecule has 1 N–H and O–H groups in total. The standard InChI is InChI=1S/C18H12F2N2O3S/c1-9-16(26-18(21-9)15-11(19)3-2-4-12(15)20)17(23)22-10-5-6-13-14(7-10)25-8-24-13/h2-7H,8H2,1H3,(H,22,23). The van der Waals surface area contributed by atoms with E-state index in [1.165, 1.54) is 6.07 Å². The molecule has 0 fully saturated rings. The van der Waals surface area contributed by atoms with E-state index in [0.717, 1.165) is 23.5 Å². The summed E-state index contributed by atoms with van der Waals surface area (Å²) in [6, 6.07) is 8.61. The Bertz CT molecular complexity index is 999. The molecule has 0 aliphatic carbocycles. The third-order valence-electron chi connectivity index (χ3n) is 3.81. The molecule has 1 amide bonds. The van der Waals surface area contributed by atoms with E-state index in [4.69, 9.17) is 9.47 Å². The Morgan fingerprint density at radius 3 is 2.65 bits per heavy atom. The van der Waals surface area contributed by atoms with Crippen LogP contribution in [0.2, 0.25) is 0 Å². The first-order valence-corrected chi connectivity index (χ1v) is 8.47. The third kappa shape index (κ3) is 2.88. The largest absolute Gasteiger partial charge is 0.454 e. The number of benzene rings is 2. The highest BCUT2D eigenvalue weighted by atomic mass is 32.1. The Hall–Kier alpha value is -3.00. The van der Waals surface area contributed by atoms with Crippen molar-refractivity contribution < 1.29 is 23.0 Å². The van der Waals surface area contributed by atoms with Crippen molar-refractivity contribution in [2.24, 2.45) is 0 Å². The lowest BCUT2D eigenvalue weighted by Gasteiger charge is -2.05. The summed E-state index contributed by atoms with van der Waals surface area (Å²) in [5.74, 6) is -0.711. The number of thiazole rings is 1. The summed E-state index contributed by atoms with van der Waals surface area (Å²) in [6.45, 7) is 1.76. The van der Waals surface area contributed by atoms with E-state index < -0.39 is 17.5 Å². The number of rotatable bonds is 3. The molecule has 0 spiro atoms. The van der Waals surface area contributed by atoms with E-state index in [9.17, 15) is 13.6 Å². The molecule has 1 aliphatic rings. The molecule has 3 aromatic rings. The van der Waals surface area contributed by atoms with Crippen molar-refractivity contribution in [2.75, 3.05) is 12.1 Å². The van der Waals surface area contributed by atoms with E-state index in [1.807, 2.05) is 0 Å². The van der Waals surface area contributed by atoms with Gasteiger partial charge in [0.05, 0.1) is 11.3 Å². The fraction of sp³-hybridized carbons (Fsp3) is 0.111. The van der Waals surface area contributed by atoms with Gasteiger partial charge in [-0.1, -0.05) is 6.07 Å². The Kier molecular flexibility index (Phi) is 4.04. The Labute approximate surface area is 151 Å². The predicted molar refractivity (Wildman–Crippen MR) is 92.7 cm³/mol. The summed E-state index contributed by atoms with van der Waals surface area (Å²) >= 11 is 0.935. The van der Waals surface area contributed by atoms with Crippen molar-refractivity contribution in [2.45, 2.75) is 6.92 Å². The number of fused-ring (bicyclic) bond motifs is 1. The normalized spacial score (nSPS) is 12.3. The second-order valence-corrected chi connectivity index (χ2v) is 6.55. The van der Waals surface area contributed by atoms with Crippen molar-refractivity contribution in [1.29, 1.82) is 0 Å². The number of nitrogens with one attached hydrogen (secondary N) is 1. The van der Waals surface area contributed by atoms with Gasteiger partial charge in [-0.05, 0) is 31.2 Å². The number of hydrogen-bond donors (Lipinski definition) is 1. The molecule has 8 heteroatoms. The molecule has 1 aliphatic heterocycles. The SMILES string of the molecule is Cc1nc(-c2c(F)cccc2F)sc1C(=O)Nc1ccc2c(c1)OCO2. The zero-order chi connectivity index (χ0) is 18.3. The van der Waals surface area contributed by atoms with Gasteiger partial charge in [0, 0.05) is 11.8 Å². The lowest BCUT2D eigenvalue weighted by atomic mass is 10.2. The first-order valence-electron chi connectivity index (χ1n) is 7.66. The second-order valence-electron chi connectivity index (χ2n) is 5.55. The van der Waals surface area contributed by atoms with Crippen LogP contribution in [-0.4, -0.2) is 17.7 Å². The summed E-state index contributed by atoms with van der Waals surface area (Å²) in [6.07, 6.45) is 0. The number of amides is 1. The van der Waals surface area contributed by atoms with Gasteiger partial charge in [-0.3, -0.25) is 4.79 Å². The maximum absolute atomic E-state index is 14.0. The molecule has 2 aromatic carbocycles. The number of nitrogens with zero attached hydrogens (tertiary/aromatic N) is 1. The Morgan fingerprint density at radius 1 is 1.15 bits per heavy atom. The molecule has 1 aromatic heterocycles. The van der Waals surface area contributed by atoms with Crippen LogP contribution in [0.3, 0.4) is 0 Å². The minimum absolute atomic E-state index is 0.119. The average Bonchev–Trinajstić information content (AvgIpc) is 3.21. The van der Waals surface area contributed by atoms with Gasteiger partial charge in [0.2, 0.25) is 6.79 Å². The first kappa shape index (κ1) is 16.5. The van der Waals surface area contributed by atoms with E-state index in [1.54, 1.807) is 25.1 Å². The van der Waals surface area contributed by atoms with Crippen LogP contribution >= 0.6 is 11.3 Å². The third-order valence-corrected chi connectivity index (χ3v) is 4.98. The summed E-state index contributed by atoms with van der Waals surface area (Å²) in [4.78, 5) is 17.0. The summed E-state index contributed by atoms with van der Waals surface area (Å²) in [5.41, 5.74) is 0.680. The van der Waals surface area contributed by atoms with Crippen molar-refractivity contribution in [3.05, 3.63) is 58.6 Å². The van der Waals surface area contributed by atoms with Crippen LogP contribution in [0.5, 0.6) is 11.5 Å². The fourth-order valence-corrected chi connectivity index (χ4v) is 3.59. The molecule has 0 bridgehead atoms. The molecule has 4 rings (SSSR count). The van der Waals surface area contributed by atoms with E-state index >= 15 is 0 Å². The molecule has 2 heterocycles. The minimum Gasteiger partial charge on any atom is -0.454 e. The molecule has 132 valence electrons. The zero-order valence-electron chi connectivity index (χ0n) is 13.5. The lowest BCUT2D eigenvalue weighted by Crippen LogP contribution is -2.11. The van der Waals surface area contributed by atoms with Crippen LogP contribution < -0.4 is 14.8 Å². The fourth-order valence-electron chi connectivity index (χ4n) is 2.58. The van der Waals surface area contributed by atoms with Gasteiger partial charge in [-0.2, -0.15) is 0 Å². The van der Waals surface area contributed by atoms with Crippen LogP contribution in [0.15, 0.2) is 36.4 Å². The second kappa shape index (κ2) is 6.38. The van der Waals surface area contributed by atoms with Gasteiger partial charge >= 0.3 is 0 Å². The van der Waals surface area contributed by atoms with Gasteiger partial charge < -0.3 is 14.8 Å². The summed E-state index contributed by atoms with van der Waals surface area (Å²) in [5, 5.41) is 2.85. The molecular weight excluding hydrogens is 362 g/mol. The molecule has 5 nitrogen and oxygen atoms in total. The molecule has 0 unspecified atom stereocenters. The van der Waals surface area contributed by atoms with Gasteiger partial charge in [-0.25, -0.2) is 13.8 Å². The molecule has 26 heavy (non-hydrogen) atoms. The van der Waals surface area contributed by atoms with Crippen LogP contribution in [-0.2, 0) is 0 Å².